The maximum absolute atomic E-state index is 13.4. The van der Waals surface area contributed by atoms with E-state index in [9.17, 15) is 18.4 Å². The molecule has 0 unspecified atom stereocenters. The molecule has 0 aromatic heterocycles. The van der Waals surface area contributed by atoms with Gasteiger partial charge in [0.2, 0.25) is 5.91 Å². The minimum absolute atomic E-state index is 0.0121. The minimum atomic E-state index is -0.676. The molecule has 0 aliphatic rings. The van der Waals surface area contributed by atoms with E-state index in [1.54, 1.807) is 0 Å². The van der Waals surface area contributed by atoms with Gasteiger partial charge in [-0.15, -0.1) is 0 Å². The van der Waals surface area contributed by atoms with Crippen molar-refractivity contribution >= 4 is 17.4 Å². The van der Waals surface area contributed by atoms with E-state index in [0.29, 0.717) is 0 Å². The summed E-state index contributed by atoms with van der Waals surface area (Å²) in [6, 6.07) is 2.88. The van der Waals surface area contributed by atoms with Gasteiger partial charge in [-0.2, -0.15) is 0 Å². The van der Waals surface area contributed by atoms with E-state index < -0.39 is 17.5 Å². The Morgan fingerprint density at radius 3 is 2.47 bits per heavy atom. The summed E-state index contributed by atoms with van der Waals surface area (Å²) in [6.07, 6.45) is 0.0852. The Morgan fingerprint density at radius 2 is 1.88 bits per heavy atom. The number of halogens is 2. The maximum Gasteiger partial charge on any atom is 0.227 e. The lowest BCUT2D eigenvalue weighted by atomic mass is 10.2. The molecule has 0 saturated heterocycles. The summed E-state index contributed by atoms with van der Waals surface area (Å²) in [7, 11) is 1.35. The number of nitrogens with zero attached hydrogens (tertiary/aromatic N) is 1. The summed E-state index contributed by atoms with van der Waals surface area (Å²) in [5.41, 5.74) is -0.126. The first-order chi connectivity index (χ1) is 7.91. The fraction of sp³-hybridized carbons (Fsp3) is 0.333. The highest BCUT2D eigenvalue weighted by atomic mass is 19.1. The number of carbonyl (C=O) groups is 2. The second kappa shape index (κ2) is 5.52. The SMILES string of the molecule is CC(=O)CCC(=O)N(C)c1cc(F)ccc1F. The molecule has 17 heavy (non-hydrogen) atoms. The van der Waals surface area contributed by atoms with Crippen LogP contribution in [0.5, 0.6) is 0 Å². The summed E-state index contributed by atoms with van der Waals surface area (Å²) in [4.78, 5) is 23.3. The highest BCUT2D eigenvalue weighted by molar-refractivity contribution is 5.95. The number of amides is 1. The molecule has 1 rings (SSSR count). The number of anilines is 1. The van der Waals surface area contributed by atoms with Crippen molar-refractivity contribution in [2.45, 2.75) is 19.8 Å². The summed E-state index contributed by atoms with van der Waals surface area (Å²) in [5, 5.41) is 0. The number of ketones is 1. The first-order valence-corrected chi connectivity index (χ1v) is 5.13. The van der Waals surface area contributed by atoms with Gasteiger partial charge < -0.3 is 9.69 Å². The van der Waals surface area contributed by atoms with Crippen LogP contribution in [0, 0.1) is 11.6 Å². The zero-order chi connectivity index (χ0) is 13.0. The third-order valence-electron chi connectivity index (χ3n) is 2.33. The Morgan fingerprint density at radius 1 is 1.24 bits per heavy atom. The van der Waals surface area contributed by atoms with E-state index in [4.69, 9.17) is 0 Å². The van der Waals surface area contributed by atoms with Crippen molar-refractivity contribution in [2.75, 3.05) is 11.9 Å². The van der Waals surface area contributed by atoms with Gasteiger partial charge in [-0.1, -0.05) is 0 Å². The maximum atomic E-state index is 13.4. The Hall–Kier alpha value is -1.78. The zero-order valence-electron chi connectivity index (χ0n) is 9.67. The molecule has 1 aromatic carbocycles. The van der Waals surface area contributed by atoms with Gasteiger partial charge in [0, 0.05) is 26.0 Å². The highest BCUT2D eigenvalue weighted by Gasteiger charge is 2.15. The monoisotopic (exact) mass is 241 g/mol. The molecule has 0 saturated carbocycles. The van der Waals surface area contributed by atoms with Crippen LogP contribution in [0.15, 0.2) is 18.2 Å². The van der Waals surface area contributed by atoms with Crippen molar-refractivity contribution in [2.24, 2.45) is 0 Å². The molecular formula is C12H13F2NO2. The van der Waals surface area contributed by atoms with Crippen LogP contribution >= 0.6 is 0 Å². The summed E-state index contributed by atoms with van der Waals surface area (Å²) < 4.78 is 26.3. The number of benzene rings is 1. The average Bonchev–Trinajstić information content (AvgIpc) is 2.28. The molecule has 0 N–H and O–H groups in total. The molecule has 0 bridgehead atoms. The second-order valence-corrected chi connectivity index (χ2v) is 3.75. The normalized spacial score (nSPS) is 10.1. The quantitative estimate of drug-likeness (QED) is 0.811. The van der Waals surface area contributed by atoms with Gasteiger partial charge in [-0.3, -0.25) is 4.79 Å². The van der Waals surface area contributed by atoms with E-state index >= 15 is 0 Å². The lowest BCUT2D eigenvalue weighted by Crippen LogP contribution is -2.27. The van der Waals surface area contributed by atoms with E-state index in [2.05, 4.69) is 0 Å². The van der Waals surface area contributed by atoms with Gasteiger partial charge in [0.05, 0.1) is 5.69 Å². The molecule has 0 spiro atoms. The van der Waals surface area contributed by atoms with Crippen LogP contribution in [0.2, 0.25) is 0 Å². The molecule has 0 aliphatic carbocycles. The Bertz CT molecular complexity index is 446. The van der Waals surface area contributed by atoms with E-state index in [1.165, 1.54) is 14.0 Å². The molecule has 3 nitrogen and oxygen atoms in total. The first kappa shape index (κ1) is 13.3. The molecule has 0 fully saturated rings. The van der Waals surface area contributed by atoms with Crippen molar-refractivity contribution in [1.29, 1.82) is 0 Å². The van der Waals surface area contributed by atoms with Crippen molar-refractivity contribution in [3.8, 4) is 0 Å². The summed E-state index contributed by atoms with van der Waals surface area (Å²) in [5.74, 6) is -1.84. The highest BCUT2D eigenvalue weighted by Crippen LogP contribution is 2.20. The summed E-state index contributed by atoms with van der Waals surface area (Å²) in [6.45, 7) is 1.37. The van der Waals surface area contributed by atoms with E-state index in [1.807, 2.05) is 0 Å². The molecule has 5 heteroatoms. The molecule has 0 heterocycles. The van der Waals surface area contributed by atoms with Crippen LogP contribution in [0.4, 0.5) is 14.5 Å². The van der Waals surface area contributed by atoms with Crippen LogP contribution in [0.3, 0.4) is 0 Å². The van der Waals surface area contributed by atoms with E-state index in [0.717, 1.165) is 23.1 Å². The average molecular weight is 241 g/mol. The third-order valence-corrected chi connectivity index (χ3v) is 2.33. The smallest absolute Gasteiger partial charge is 0.227 e. The standard InChI is InChI=1S/C12H13F2NO2/c1-8(16)3-6-12(17)15(2)11-7-9(13)4-5-10(11)14/h4-5,7H,3,6H2,1-2H3. The van der Waals surface area contributed by atoms with E-state index in [-0.39, 0.29) is 24.3 Å². The van der Waals surface area contributed by atoms with Crippen LogP contribution in [0.1, 0.15) is 19.8 Å². The molecule has 1 aromatic rings. The second-order valence-electron chi connectivity index (χ2n) is 3.75. The Labute approximate surface area is 98.0 Å². The number of carbonyl (C=O) groups excluding carboxylic acids is 2. The molecule has 0 aliphatic heterocycles. The largest absolute Gasteiger partial charge is 0.313 e. The van der Waals surface area contributed by atoms with Crippen molar-refractivity contribution in [1.82, 2.24) is 0 Å². The minimum Gasteiger partial charge on any atom is -0.313 e. The number of Topliss-reactive ketones (excluding diaryl/α,β-unsaturated/α-hetero) is 1. The van der Waals surface area contributed by atoms with Crippen LogP contribution in [-0.2, 0) is 9.59 Å². The van der Waals surface area contributed by atoms with Gasteiger partial charge in [0.15, 0.2) is 0 Å². The van der Waals surface area contributed by atoms with Gasteiger partial charge in [0.25, 0.3) is 0 Å². The molecular weight excluding hydrogens is 228 g/mol. The van der Waals surface area contributed by atoms with Gasteiger partial charge in [-0.25, -0.2) is 8.78 Å². The lowest BCUT2D eigenvalue weighted by Gasteiger charge is -2.17. The van der Waals surface area contributed by atoms with Crippen molar-refractivity contribution in [3.05, 3.63) is 29.8 Å². The van der Waals surface area contributed by atoms with Gasteiger partial charge in [-0.05, 0) is 19.1 Å². The van der Waals surface area contributed by atoms with Gasteiger partial charge >= 0.3 is 0 Å². The molecule has 1 amide bonds. The zero-order valence-corrected chi connectivity index (χ0v) is 9.67. The number of hydrogen-bond acceptors (Lipinski definition) is 2. The van der Waals surface area contributed by atoms with Crippen molar-refractivity contribution in [3.63, 3.8) is 0 Å². The lowest BCUT2D eigenvalue weighted by molar-refractivity contribution is -0.122. The summed E-state index contributed by atoms with van der Waals surface area (Å²) >= 11 is 0. The fourth-order valence-corrected chi connectivity index (χ4v) is 1.33. The molecule has 0 radical (unpaired) electrons. The number of hydrogen-bond donors (Lipinski definition) is 0. The Kier molecular flexibility index (Phi) is 4.31. The predicted molar refractivity (Wildman–Crippen MR) is 59.7 cm³/mol. The number of rotatable bonds is 4. The van der Waals surface area contributed by atoms with Crippen molar-refractivity contribution < 1.29 is 18.4 Å². The van der Waals surface area contributed by atoms with Crippen LogP contribution < -0.4 is 4.90 Å². The Balaban J connectivity index is 2.81. The van der Waals surface area contributed by atoms with Gasteiger partial charge in [0.1, 0.15) is 17.4 Å². The molecule has 0 atom stereocenters. The molecule has 92 valence electrons. The first-order valence-electron chi connectivity index (χ1n) is 5.13. The van der Waals surface area contributed by atoms with Crippen LogP contribution in [0.25, 0.3) is 0 Å². The predicted octanol–water partition coefficient (Wildman–Crippen LogP) is 2.30. The fourth-order valence-electron chi connectivity index (χ4n) is 1.33. The van der Waals surface area contributed by atoms with Crippen LogP contribution in [-0.4, -0.2) is 18.7 Å². The topological polar surface area (TPSA) is 37.4 Å². The third kappa shape index (κ3) is 3.62.